The zero-order chi connectivity index (χ0) is 22.6. The fraction of sp³-hybridized carbons (Fsp3) is 0.500. The highest BCUT2D eigenvalue weighted by atomic mass is 79.9. The first kappa shape index (κ1) is 23.3. The highest BCUT2D eigenvalue weighted by Crippen LogP contribution is 2.30. The van der Waals surface area contributed by atoms with Gasteiger partial charge in [-0.25, -0.2) is 4.99 Å². The van der Waals surface area contributed by atoms with Crippen LogP contribution in [0.2, 0.25) is 0 Å². The van der Waals surface area contributed by atoms with Gasteiger partial charge in [-0.05, 0) is 87.9 Å². The number of para-hydroxylation sites is 1. The molecule has 2 aromatic carbocycles. The Bertz CT molecular complexity index is 918. The van der Waals surface area contributed by atoms with Crippen molar-refractivity contribution in [3.8, 4) is 0 Å². The summed E-state index contributed by atoms with van der Waals surface area (Å²) in [5, 5.41) is 11.1. The molecule has 5 nitrogen and oxygen atoms in total. The molecule has 0 spiro atoms. The van der Waals surface area contributed by atoms with Crippen LogP contribution in [0.15, 0.2) is 58.0 Å². The van der Waals surface area contributed by atoms with Gasteiger partial charge in [-0.3, -0.25) is 5.32 Å². The predicted molar refractivity (Wildman–Crippen MR) is 138 cm³/mol. The van der Waals surface area contributed by atoms with Crippen molar-refractivity contribution in [3.05, 3.63) is 64.1 Å². The Hall–Kier alpha value is -1.89. The molecule has 2 aromatic rings. The van der Waals surface area contributed by atoms with E-state index >= 15 is 0 Å². The van der Waals surface area contributed by atoms with Gasteiger partial charge in [0.2, 0.25) is 0 Å². The normalized spacial score (nSPS) is 24.9. The Labute approximate surface area is 201 Å². The van der Waals surface area contributed by atoms with E-state index < -0.39 is 5.79 Å². The average molecular weight is 499 g/mol. The Morgan fingerprint density at radius 3 is 2.50 bits per heavy atom. The molecule has 1 aliphatic heterocycles. The molecule has 1 fully saturated rings. The molecule has 2 aliphatic rings. The third-order valence-corrected chi connectivity index (χ3v) is 7.10. The van der Waals surface area contributed by atoms with Crippen molar-refractivity contribution in [2.24, 2.45) is 10.9 Å². The summed E-state index contributed by atoms with van der Waals surface area (Å²) in [4.78, 5) is 7.18. The maximum atomic E-state index is 5.07. The largest absolute Gasteiger partial charge is 0.362 e. The molecular formula is C26H36BrN5. The van der Waals surface area contributed by atoms with Crippen molar-refractivity contribution in [2.75, 3.05) is 32.5 Å². The summed E-state index contributed by atoms with van der Waals surface area (Å²) in [6.45, 7) is 4.32. The number of amidine groups is 1. The zero-order valence-electron chi connectivity index (χ0n) is 19.5. The predicted octanol–water partition coefficient (Wildman–Crippen LogP) is 4.84. The number of hydrogen-bond acceptors (Lipinski definition) is 5. The molecule has 1 aliphatic carbocycles. The molecule has 1 heterocycles. The molecule has 0 bridgehead atoms. The maximum Gasteiger partial charge on any atom is 0.184 e. The molecule has 32 heavy (non-hydrogen) atoms. The van der Waals surface area contributed by atoms with Crippen LogP contribution in [0.5, 0.6) is 0 Å². The number of benzene rings is 2. The topological polar surface area (TPSA) is 51.7 Å². The maximum absolute atomic E-state index is 5.07. The van der Waals surface area contributed by atoms with Crippen molar-refractivity contribution in [1.82, 2.24) is 15.5 Å². The lowest BCUT2D eigenvalue weighted by Gasteiger charge is -2.40. The lowest BCUT2D eigenvalue weighted by Crippen LogP contribution is -2.56. The van der Waals surface area contributed by atoms with Crippen molar-refractivity contribution in [3.63, 3.8) is 0 Å². The highest BCUT2D eigenvalue weighted by Gasteiger charge is 2.34. The van der Waals surface area contributed by atoms with Gasteiger partial charge in [0.05, 0.1) is 0 Å². The lowest BCUT2D eigenvalue weighted by atomic mass is 9.85. The first-order valence-corrected chi connectivity index (χ1v) is 12.6. The molecule has 0 aromatic heterocycles. The monoisotopic (exact) mass is 497 g/mol. The van der Waals surface area contributed by atoms with Gasteiger partial charge >= 0.3 is 0 Å². The van der Waals surface area contributed by atoms with Gasteiger partial charge in [0.25, 0.3) is 0 Å². The van der Waals surface area contributed by atoms with E-state index in [0.29, 0.717) is 6.04 Å². The van der Waals surface area contributed by atoms with Gasteiger partial charge < -0.3 is 15.5 Å². The van der Waals surface area contributed by atoms with E-state index in [1.807, 2.05) is 0 Å². The summed E-state index contributed by atoms with van der Waals surface area (Å²) in [6.07, 6.45) is 6.01. The van der Waals surface area contributed by atoms with Gasteiger partial charge in [0.1, 0.15) is 5.84 Å². The Morgan fingerprint density at radius 1 is 1.06 bits per heavy atom. The van der Waals surface area contributed by atoms with E-state index in [1.54, 1.807) is 0 Å². The zero-order valence-corrected chi connectivity index (χ0v) is 21.1. The van der Waals surface area contributed by atoms with Gasteiger partial charge in [0, 0.05) is 35.9 Å². The van der Waals surface area contributed by atoms with E-state index in [9.17, 15) is 0 Å². The minimum absolute atomic E-state index is 0.478. The third kappa shape index (κ3) is 5.91. The average Bonchev–Trinajstić information content (AvgIpc) is 2.78. The highest BCUT2D eigenvalue weighted by molar-refractivity contribution is 9.10. The molecule has 0 radical (unpaired) electrons. The molecule has 4 rings (SSSR count). The van der Waals surface area contributed by atoms with E-state index in [4.69, 9.17) is 4.99 Å². The van der Waals surface area contributed by atoms with Crippen LogP contribution in [-0.2, 0) is 6.42 Å². The smallest absolute Gasteiger partial charge is 0.184 e. The van der Waals surface area contributed by atoms with Crippen molar-refractivity contribution in [2.45, 2.75) is 50.9 Å². The number of anilines is 1. The Kier molecular flexibility index (Phi) is 7.54. The molecule has 1 saturated carbocycles. The molecule has 1 atom stereocenters. The number of halogens is 1. The fourth-order valence-corrected chi connectivity index (χ4v) is 5.12. The molecule has 6 heteroatoms. The van der Waals surface area contributed by atoms with Crippen LogP contribution in [-0.4, -0.2) is 49.7 Å². The molecule has 3 N–H and O–H groups in total. The number of nitrogens with one attached hydrogen (secondary N) is 3. The van der Waals surface area contributed by atoms with Gasteiger partial charge in [-0.15, -0.1) is 0 Å². The second-order valence-corrected chi connectivity index (χ2v) is 10.4. The number of hydrogen-bond donors (Lipinski definition) is 3. The van der Waals surface area contributed by atoms with Crippen LogP contribution in [0.25, 0.3) is 0 Å². The minimum atomic E-state index is -0.478. The van der Waals surface area contributed by atoms with Crippen LogP contribution >= 0.6 is 15.9 Å². The summed E-state index contributed by atoms with van der Waals surface area (Å²) < 4.78 is 1.14. The Balaban J connectivity index is 1.24. The van der Waals surface area contributed by atoms with Crippen LogP contribution in [0.1, 0.15) is 43.7 Å². The fourth-order valence-electron chi connectivity index (χ4n) is 4.86. The quantitative estimate of drug-likeness (QED) is 0.479. The van der Waals surface area contributed by atoms with Crippen LogP contribution in [0.3, 0.4) is 0 Å². The van der Waals surface area contributed by atoms with Crippen LogP contribution in [0, 0.1) is 5.92 Å². The number of fused-ring (bicyclic) bond motifs is 1. The molecular weight excluding hydrogens is 462 g/mol. The van der Waals surface area contributed by atoms with E-state index in [2.05, 4.69) is 106 Å². The van der Waals surface area contributed by atoms with Crippen LogP contribution < -0.4 is 16.0 Å². The van der Waals surface area contributed by atoms with Gasteiger partial charge in [0.15, 0.2) is 5.79 Å². The number of aliphatic imine (C=N–C) groups is 1. The SMILES string of the molecule is CN(C)C1=NC(C)(NC2CCC(CNCCc3ccc(Br)cc3)CC2)Nc2ccccc21. The third-order valence-electron chi connectivity index (χ3n) is 6.57. The summed E-state index contributed by atoms with van der Waals surface area (Å²) >= 11 is 3.50. The molecule has 0 saturated heterocycles. The number of nitrogens with zero attached hydrogens (tertiary/aromatic N) is 2. The summed E-state index contributed by atoms with van der Waals surface area (Å²) in [5.74, 6) is 1.32. The molecule has 172 valence electrons. The standard InChI is InChI=1S/C26H36BrN5/c1-26(30-24-7-5-4-6-23(24)25(31-26)32(2)3)29-22-14-10-20(11-15-22)18-28-17-16-19-8-12-21(27)13-9-19/h4-9,12-13,20,22,28-30H,10-11,14-18H2,1-3H3. The van der Waals surface area contributed by atoms with Crippen molar-refractivity contribution >= 4 is 27.5 Å². The van der Waals surface area contributed by atoms with Gasteiger partial charge in [-0.2, -0.15) is 0 Å². The van der Waals surface area contributed by atoms with E-state index in [1.165, 1.54) is 31.2 Å². The first-order chi connectivity index (χ1) is 15.4. The summed E-state index contributed by atoms with van der Waals surface area (Å²) in [7, 11) is 4.13. The van der Waals surface area contributed by atoms with Crippen molar-refractivity contribution < 1.29 is 0 Å². The molecule has 0 amide bonds. The number of rotatable bonds is 7. The summed E-state index contributed by atoms with van der Waals surface area (Å²) in [5.41, 5.74) is 3.70. The Morgan fingerprint density at radius 2 is 1.78 bits per heavy atom. The second kappa shape index (κ2) is 10.4. The second-order valence-electron chi connectivity index (χ2n) is 9.52. The minimum Gasteiger partial charge on any atom is -0.362 e. The lowest BCUT2D eigenvalue weighted by molar-refractivity contribution is 0.244. The van der Waals surface area contributed by atoms with Gasteiger partial charge in [-0.1, -0.05) is 40.2 Å². The van der Waals surface area contributed by atoms with Crippen LogP contribution in [0.4, 0.5) is 5.69 Å². The first-order valence-electron chi connectivity index (χ1n) is 11.8. The van der Waals surface area contributed by atoms with E-state index in [-0.39, 0.29) is 0 Å². The van der Waals surface area contributed by atoms with Crippen molar-refractivity contribution in [1.29, 1.82) is 0 Å². The van der Waals surface area contributed by atoms with E-state index in [0.717, 1.165) is 47.0 Å². The molecule has 1 unspecified atom stereocenters. The summed E-state index contributed by atoms with van der Waals surface area (Å²) in [6, 6.07) is 17.6.